The number of nitrogens with one attached hydrogen (secondary N) is 1. The van der Waals surface area contributed by atoms with Gasteiger partial charge in [0.15, 0.2) is 0 Å². The summed E-state index contributed by atoms with van der Waals surface area (Å²) in [7, 11) is 1.96. The summed E-state index contributed by atoms with van der Waals surface area (Å²) in [6.07, 6.45) is 0. The Morgan fingerprint density at radius 1 is 1.18 bits per heavy atom. The molecule has 0 saturated heterocycles. The molecule has 3 aromatic rings. The van der Waals surface area contributed by atoms with E-state index in [-0.39, 0.29) is 5.41 Å². The number of rotatable bonds is 3. The second-order valence-corrected chi connectivity index (χ2v) is 6.77. The van der Waals surface area contributed by atoms with E-state index in [4.69, 9.17) is 4.42 Å². The third-order valence-corrected chi connectivity index (χ3v) is 3.85. The van der Waals surface area contributed by atoms with E-state index in [0.717, 1.165) is 5.52 Å². The minimum atomic E-state index is -0.136. The van der Waals surface area contributed by atoms with Crippen LogP contribution in [0.1, 0.15) is 37.9 Å². The number of hydrogen-bond acceptors (Lipinski definition) is 4. The quantitative estimate of drug-likeness (QED) is 0.799. The largest absolute Gasteiger partial charge is 0.407 e. The smallest absolute Gasteiger partial charge is 0.318 e. The summed E-state index contributed by atoms with van der Waals surface area (Å²) in [5.41, 5.74) is 3.45. The third kappa shape index (κ3) is 2.58. The second-order valence-electron chi connectivity index (χ2n) is 6.77. The van der Waals surface area contributed by atoms with Crippen LogP contribution in [0.15, 0.2) is 28.7 Å². The zero-order valence-corrected chi connectivity index (χ0v) is 13.8. The lowest BCUT2D eigenvalue weighted by molar-refractivity contribution is 0.393. The van der Waals surface area contributed by atoms with Gasteiger partial charge in [0.25, 0.3) is 0 Å². The Morgan fingerprint density at radius 2 is 1.91 bits per heavy atom. The molecule has 1 aromatic carbocycles. The van der Waals surface area contributed by atoms with Gasteiger partial charge in [-0.05, 0) is 18.6 Å². The van der Waals surface area contributed by atoms with E-state index >= 15 is 0 Å². The average molecular weight is 298 g/mol. The molecule has 5 heteroatoms. The van der Waals surface area contributed by atoms with Crippen LogP contribution in [0.5, 0.6) is 0 Å². The van der Waals surface area contributed by atoms with Crippen LogP contribution in [-0.4, -0.2) is 22.2 Å². The fourth-order valence-electron chi connectivity index (χ4n) is 2.47. The van der Waals surface area contributed by atoms with E-state index in [0.29, 0.717) is 18.5 Å². The first-order valence-corrected chi connectivity index (χ1v) is 7.47. The normalized spacial score (nSPS) is 12.0. The summed E-state index contributed by atoms with van der Waals surface area (Å²) >= 11 is 0. The summed E-state index contributed by atoms with van der Waals surface area (Å²) in [5.74, 6) is 0.655. The van der Waals surface area contributed by atoms with Crippen molar-refractivity contribution in [1.29, 1.82) is 0 Å². The predicted octanol–water partition coefficient (Wildman–Crippen LogP) is 3.79. The van der Waals surface area contributed by atoms with Gasteiger partial charge in [-0.1, -0.05) is 44.1 Å². The lowest BCUT2D eigenvalue weighted by atomic mass is 9.97. The van der Waals surface area contributed by atoms with Gasteiger partial charge in [0.05, 0.1) is 6.54 Å². The highest BCUT2D eigenvalue weighted by molar-refractivity contribution is 5.84. The molecule has 0 saturated carbocycles. The molecule has 3 rings (SSSR count). The number of nitrogens with zero attached hydrogens (tertiary/aromatic N) is 3. The Balaban J connectivity index is 1.85. The molecule has 22 heavy (non-hydrogen) atoms. The van der Waals surface area contributed by atoms with Crippen LogP contribution < -0.4 is 4.90 Å². The molecular formula is C17H22N4O. The Bertz CT molecular complexity index is 794. The van der Waals surface area contributed by atoms with Crippen molar-refractivity contribution in [3.05, 3.63) is 41.4 Å². The van der Waals surface area contributed by atoms with Gasteiger partial charge < -0.3 is 14.3 Å². The molecule has 0 aliphatic rings. The highest BCUT2D eigenvalue weighted by Gasteiger charge is 2.23. The number of aromatic nitrogens is 3. The van der Waals surface area contributed by atoms with Crippen molar-refractivity contribution >= 4 is 16.9 Å². The Hall–Kier alpha value is -2.30. The predicted molar refractivity (Wildman–Crippen MR) is 88.1 cm³/mol. The monoisotopic (exact) mass is 298 g/mol. The third-order valence-electron chi connectivity index (χ3n) is 3.85. The molecule has 0 radical (unpaired) electrons. The van der Waals surface area contributed by atoms with Gasteiger partial charge in [0.2, 0.25) is 5.89 Å². The number of benzene rings is 1. The molecule has 0 spiro atoms. The number of para-hydroxylation sites is 1. The van der Waals surface area contributed by atoms with E-state index in [1.54, 1.807) is 0 Å². The summed E-state index contributed by atoms with van der Waals surface area (Å²) in [6, 6.07) is 8.87. The van der Waals surface area contributed by atoms with Crippen molar-refractivity contribution in [3.63, 3.8) is 0 Å². The number of aryl methyl sites for hydroxylation is 1. The van der Waals surface area contributed by atoms with Crippen molar-refractivity contribution in [1.82, 2.24) is 15.2 Å². The Labute approximate surface area is 130 Å². The van der Waals surface area contributed by atoms with Crippen molar-refractivity contribution in [2.75, 3.05) is 11.9 Å². The van der Waals surface area contributed by atoms with Gasteiger partial charge in [0.1, 0.15) is 0 Å². The van der Waals surface area contributed by atoms with E-state index in [9.17, 15) is 0 Å². The van der Waals surface area contributed by atoms with Crippen LogP contribution in [-0.2, 0) is 12.0 Å². The maximum absolute atomic E-state index is 5.79. The summed E-state index contributed by atoms with van der Waals surface area (Å²) < 4.78 is 5.79. The van der Waals surface area contributed by atoms with E-state index in [1.807, 2.05) is 18.0 Å². The van der Waals surface area contributed by atoms with Crippen LogP contribution in [0, 0.1) is 6.92 Å². The van der Waals surface area contributed by atoms with Crippen LogP contribution in [0.2, 0.25) is 0 Å². The molecule has 116 valence electrons. The Morgan fingerprint density at radius 3 is 2.55 bits per heavy atom. The first-order valence-electron chi connectivity index (χ1n) is 7.47. The molecule has 0 bridgehead atoms. The topological polar surface area (TPSA) is 58.0 Å². The van der Waals surface area contributed by atoms with Crippen LogP contribution in [0.3, 0.4) is 0 Å². The fraction of sp³-hybridized carbons (Fsp3) is 0.412. The number of H-pyrrole nitrogens is 1. The molecule has 0 aliphatic heterocycles. The van der Waals surface area contributed by atoms with Gasteiger partial charge in [0, 0.05) is 29.1 Å². The molecule has 0 unspecified atom stereocenters. The maximum atomic E-state index is 5.79. The van der Waals surface area contributed by atoms with Gasteiger partial charge in [-0.2, -0.15) is 0 Å². The van der Waals surface area contributed by atoms with E-state index < -0.39 is 0 Å². The number of hydrogen-bond donors (Lipinski definition) is 1. The molecule has 0 atom stereocenters. The van der Waals surface area contributed by atoms with Gasteiger partial charge in [-0.3, -0.25) is 0 Å². The van der Waals surface area contributed by atoms with Crippen molar-refractivity contribution in [3.8, 4) is 0 Å². The standard InChI is InChI=1S/C17H22N4O/c1-11-12-8-6-7-9-13(12)18-14(11)10-21(5)16-20-19-15(22-16)17(2,3)4/h6-9,18H,10H2,1-5H3. The molecule has 0 aliphatic carbocycles. The number of fused-ring (bicyclic) bond motifs is 1. The first-order chi connectivity index (χ1) is 10.4. The van der Waals surface area contributed by atoms with Crippen LogP contribution >= 0.6 is 0 Å². The summed E-state index contributed by atoms with van der Waals surface area (Å²) in [5, 5.41) is 9.56. The van der Waals surface area contributed by atoms with Crippen molar-refractivity contribution < 1.29 is 4.42 Å². The maximum Gasteiger partial charge on any atom is 0.318 e. The SMILES string of the molecule is Cc1c(CN(C)c2nnc(C(C)(C)C)o2)[nH]c2ccccc12. The van der Waals surface area contributed by atoms with Crippen LogP contribution in [0.25, 0.3) is 10.9 Å². The highest BCUT2D eigenvalue weighted by Crippen LogP contribution is 2.26. The molecular weight excluding hydrogens is 276 g/mol. The van der Waals surface area contributed by atoms with Crippen LogP contribution in [0.4, 0.5) is 6.01 Å². The zero-order chi connectivity index (χ0) is 15.9. The lowest BCUT2D eigenvalue weighted by Crippen LogP contribution is -2.17. The number of aromatic amines is 1. The minimum Gasteiger partial charge on any atom is -0.407 e. The molecule has 2 heterocycles. The summed E-state index contributed by atoms with van der Waals surface area (Å²) in [4.78, 5) is 5.44. The van der Waals surface area contributed by atoms with Gasteiger partial charge >= 0.3 is 6.01 Å². The summed E-state index contributed by atoms with van der Waals surface area (Å²) in [6.45, 7) is 9.02. The lowest BCUT2D eigenvalue weighted by Gasteiger charge is -2.15. The fourth-order valence-corrected chi connectivity index (χ4v) is 2.47. The Kier molecular flexibility index (Phi) is 3.43. The molecule has 5 nitrogen and oxygen atoms in total. The first kappa shape index (κ1) is 14.6. The average Bonchev–Trinajstić information content (AvgIpc) is 3.05. The second kappa shape index (κ2) is 5.16. The molecule has 1 N–H and O–H groups in total. The molecule has 2 aromatic heterocycles. The van der Waals surface area contributed by atoms with Crippen molar-refractivity contribution in [2.45, 2.75) is 39.7 Å². The minimum absolute atomic E-state index is 0.136. The highest BCUT2D eigenvalue weighted by atomic mass is 16.4. The molecule has 0 fully saturated rings. The van der Waals surface area contributed by atoms with Crippen molar-refractivity contribution in [2.24, 2.45) is 0 Å². The number of anilines is 1. The van der Waals surface area contributed by atoms with E-state index in [2.05, 4.69) is 61.1 Å². The molecule has 0 amide bonds. The van der Waals surface area contributed by atoms with E-state index in [1.165, 1.54) is 16.6 Å². The van der Waals surface area contributed by atoms with Gasteiger partial charge in [-0.15, -0.1) is 5.10 Å². The van der Waals surface area contributed by atoms with Gasteiger partial charge in [-0.25, -0.2) is 0 Å². The zero-order valence-electron chi connectivity index (χ0n) is 13.8.